The van der Waals surface area contributed by atoms with E-state index in [4.69, 9.17) is 0 Å². The number of anilines is 1. The Bertz CT molecular complexity index is 746. The summed E-state index contributed by atoms with van der Waals surface area (Å²) >= 11 is 1.29. The summed E-state index contributed by atoms with van der Waals surface area (Å²) in [6, 6.07) is 5.01. The van der Waals surface area contributed by atoms with E-state index in [2.05, 4.69) is 10.3 Å². The van der Waals surface area contributed by atoms with Crippen molar-refractivity contribution in [1.29, 1.82) is 0 Å². The van der Waals surface area contributed by atoms with Gasteiger partial charge < -0.3 is 0 Å². The van der Waals surface area contributed by atoms with Crippen molar-refractivity contribution in [3.8, 4) is 0 Å². The molecule has 2 rings (SSSR count). The van der Waals surface area contributed by atoms with Crippen LogP contribution in [0.5, 0.6) is 0 Å². The van der Waals surface area contributed by atoms with Gasteiger partial charge in [0.1, 0.15) is 0 Å². The molecular weight excluding hydrogens is 337 g/mol. The Kier molecular flexibility index (Phi) is 5.92. The lowest BCUT2D eigenvalue weighted by Gasteiger charge is -2.06. The van der Waals surface area contributed by atoms with E-state index in [1.165, 1.54) is 29.5 Å². The van der Waals surface area contributed by atoms with Crippen LogP contribution in [0.2, 0.25) is 0 Å². The Morgan fingerprint density at radius 1 is 1.25 bits per heavy atom. The van der Waals surface area contributed by atoms with Gasteiger partial charge in [0, 0.05) is 23.6 Å². The van der Waals surface area contributed by atoms with Gasteiger partial charge in [-0.15, -0.1) is 11.3 Å². The molecule has 1 heterocycles. The van der Waals surface area contributed by atoms with Gasteiger partial charge in [-0.25, -0.2) is 4.98 Å². The summed E-state index contributed by atoms with van der Waals surface area (Å²) in [6.07, 6.45) is 4.27. The number of allylic oxidation sites excluding steroid dienone is 3. The number of carbonyl (C=O) groups is 1. The van der Waals surface area contributed by atoms with Crippen LogP contribution in [0.4, 0.5) is 18.3 Å². The number of carbonyl (C=O) groups excluding carboxylic acids is 1. The second-order valence-corrected chi connectivity index (χ2v) is 5.99. The summed E-state index contributed by atoms with van der Waals surface area (Å²) in [5, 5.41) is 3.09. The highest BCUT2D eigenvalue weighted by Gasteiger charge is 2.29. The maximum atomic E-state index is 12.5. The molecule has 0 aliphatic carbocycles. The summed E-state index contributed by atoms with van der Waals surface area (Å²) in [5.74, 6) is -0.288. The molecule has 0 aliphatic heterocycles. The molecule has 0 bridgehead atoms. The Morgan fingerprint density at radius 2 is 1.96 bits per heavy atom. The van der Waals surface area contributed by atoms with Crippen molar-refractivity contribution in [2.45, 2.75) is 19.5 Å². The monoisotopic (exact) mass is 352 g/mol. The number of hydrogen-bond acceptors (Lipinski definition) is 3. The normalized spacial score (nSPS) is 12.2. The van der Waals surface area contributed by atoms with Crippen LogP contribution in [0.25, 0.3) is 0 Å². The van der Waals surface area contributed by atoms with Gasteiger partial charge in [0.15, 0.2) is 5.13 Å². The van der Waals surface area contributed by atoms with Crippen molar-refractivity contribution in [2.24, 2.45) is 0 Å². The van der Waals surface area contributed by atoms with Crippen molar-refractivity contribution in [3.05, 3.63) is 70.8 Å². The summed E-state index contributed by atoms with van der Waals surface area (Å²) < 4.78 is 37.6. The molecule has 7 heteroatoms. The number of nitrogens with one attached hydrogen (secondary N) is 1. The van der Waals surface area contributed by atoms with Gasteiger partial charge in [0.25, 0.3) is 0 Å². The highest BCUT2D eigenvalue weighted by atomic mass is 32.1. The van der Waals surface area contributed by atoms with Gasteiger partial charge >= 0.3 is 6.18 Å². The molecule has 1 aromatic heterocycles. The number of alkyl halides is 3. The van der Waals surface area contributed by atoms with Gasteiger partial charge in [0.05, 0.1) is 5.56 Å². The zero-order valence-electron chi connectivity index (χ0n) is 12.8. The molecule has 1 aromatic carbocycles. The van der Waals surface area contributed by atoms with Crippen molar-refractivity contribution in [1.82, 2.24) is 4.98 Å². The molecule has 0 atom stereocenters. The van der Waals surface area contributed by atoms with Crippen molar-refractivity contribution in [2.75, 3.05) is 5.32 Å². The number of halogens is 3. The van der Waals surface area contributed by atoms with Crippen molar-refractivity contribution < 1.29 is 18.0 Å². The van der Waals surface area contributed by atoms with Crippen LogP contribution in [0.3, 0.4) is 0 Å². The number of aromatic nitrogens is 1. The number of benzene rings is 1. The van der Waals surface area contributed by atoms with E-state index in [0.29, 0.717) is 11.6 Å². The van der Waals surface area contributed by atoms with Gasteiger partial charge in [-0.1, -0.05) is 30.4 Å². The van der Waals surface area contributed by atoms with E-state index in [1.807, 2.05) is 6.92 Å². The van der Waals surface area contributed by atoms with E-state index < -0.39 is 11.7 Å². The van der Waals surface area contributed by atoms with Gasteiger partial charge in [-0.05, 0) is 24.6 Å². The van der Waals surface area contributed by atoms with E-state index >= 15 is 0 Å². The molecule has 0 spiro atoms. The lowest BCUT2D eigenvalue weighted by molar-refractivity contribution is -0.137. The molecule has 1 N–H and O–H groups in total. The lowest BCUT2D eigenvalue weighted by atomic mass is 10.1. The smallest absolute Gasteiger partial charge is 0.298 e. The lowest BCUT2D eigenvalue weighted by Crippen LogP contribution is -2.06. The Morgan fingerprint density at radius 3 is 2.58 bits per heavy atom. The number of hydrogen-bond donors (Lipinski definition) is 1. The molecule has 2 aromatic rings. The largest absolute Gasteiger partial charge is 0.416 e. The highest BCUT2D eigenvalue weighted by Crippen LogP contribution is 2.29. The second-order valence-electron chi connectivity index (χ2n) is 4.88. The third kappa shape index (κ3) is 5.34. The fourth-order valence-electron chi connectivity index (χ4n) is 1.86. The van der Waals surface area contributed by atoms with Crippen LogP contribution >= 0.6 is 11.3 Å². The Hall–Kier alpha value is -2.41. The predicted molar refractivity (Wildman–Crippen MR) is 88.9 cm³/mol. The molecule has 0 fully saturated rings. The first kappa shape index (κ1) is 17.9. The van der Waals surface area contributed by atoms with E-state index in [1.54, 1.807) is 24.4 Å². The van der Waals surface area contributed by atoms with Crippen molar-refractivity contribution >= 4 is 22.4 Å². The molecule has 0 saturated heterocycles. The van der Waals surface area contributed by atoms with Crippen LogP contribution in [0, 0.1) is 0 Å². The van der Waals surface area contributed by atoms with Crippen LogP contribution < -0.4 is 5.32 Å². The van der Waals surface area contributed by atoms with Gasteiger partial charge in [-0.3, -0.25) is 10.1 Å². The first-order chi connectivity index (χ1) is 11.4. The minimum absolute atomic E-state index is 0.288. The maximum Gasteiger partial charge on any atom is 0.416 e. The number of nitrogens with zero attached hydrogens (tertiary/aromatic N) is 1. The average Bonchev–Trinajstić information content (AvgIpc) is 2.94. The van der Waals surface area contributed by atoms with Crippen LogP contribution in [-0.2, 0) is 17.4 Å². The molecule has 1 amide bonds. The summed E-state index contributed by atoms with van der Waals surface area (Å²) in [4.78, 5) is 16.6. The molecular formula is C17H15F3N2OS. The maximum absolute atomic E-state index is 12.5. The average molecular weight is 352 g/mol. The summed E-state index contributed by atoms with van der Waals surface area (Å²) in [6.45, 7) is 1.84. The fraction of sp³-hybridized carbons (Fsp3) is 0.176. The molecule has 0 aliphatic rings. The molecule has 0 unspecified atom stereocenters. The second kappa shape index (κ2) is 7.92. The minimum Gasteiger partial charge on any atom is -0.298 e. The van der Waals surface area contributed by atoms with Gasteiger partial charge in [-0.2, -0.15) is 13.2 Å². The molecule has 3 nitrogen and oxygen atoms in total. The zero-order chi connectivity index (χ0) is 17.6. The number of rotatable bonds is 5. The Balaban J connectivity index is 1.97. The zero-order valence-corrected chi connectivity index (χ0v) is 13.6. The van der Waals surface area contributed by atoms with Crippen molar-refractivity contribution in [3.63, 3.8) is 0 Å². The molecule has 24 heavy (non-hydrogen) atoms. The van der Waals surface area contributed by atoms with Crippen LogP contribution in [0.1, 0.15) is 22.9 Å². The van der Waals surface area contributed by atoms with Crippen LogP contribution in [0.15, 0.2) is 54.8 Å². The standard InChI is InChI=1S/C17H15F3N2OS/c1-2-3-4-5-15(23)22-16-21-11-14(24-16)10-12-6-8-13(9-7-12)17(18,19)20/h2-9,11H,10H2,1H3,(H,21,22,23)/b3-2+,5-4+. The topological polar surface area (TPSA) is 42.0 Å². The Labute approximate surface area is 141 Å². The molecule has 126 valence electrons. The predicted octanol–water partition coefficient (Wildman–Crippen LogP) is 4.82. The first-order valence-corrected chi connectivity index (χ1v) is 7.91. The van der Waals surface area contributed by atoms with Crippen LogP contribution in [-0.4, -0.2) is 10.9 Å². The third-order valence-electron chi connectivity index (χ3n) is 2.99. The number of thiazole rings is 1. The van der Waals surface area contributed by atoms with E-state index in [0.717, 1.165) is 22.6 Å². The number of amides is 1. The third-order valence-corrected chi connectivity index (χ3v) is 3.91. The molecule has 0 saturated carbocycles. The quantitative estimate of drug-likeness (QED) is 0.619. The fourth-order valence-corrected chi connectivity index (χ4v) is 2.71. The minimum atomic E-state index is -4.33. The highest BCUT2D eigenvalue weighted by molar-refractivity contribution is 7.15. The molecule has 0 radical (unpaired) electrons. The van der Waals surface area contributed by atoms with Gasteiger partial charge in [0.2, 0.25) is 5.91 Å². The summed E-state index contributed by atoms with van der Waals surface area (Å²) in [7, 11) is 0. The van der Waals surface area contributed by atoms with E-state index in [9.17, 15) is 18.0 Å². The van der Waals surface area contributed by atoms with E-state index in [-0.39, 0.29) is 5.91 Å². The summed E-state index contributed by atoms with van der Waals surface area (Å²) in [5.41, 5.74) is 0.0777. The SMILES string of the molecule is C/C=C/C=C/C(=O)Nc1ncc(Cc2ccc(C(F)(F)F)cc2)s1. The first-order valence-electron chi connectivity index (χ1n) is 7.09.